The molecule has 10 heteroatoms. The van der Waals surface area contributed by atoms with Crippen LogP contribution in [0.5, 0.6) is 0 Å². The third-order valence-corrected chi connectivity index (χ3v) is 8.22. The van der Waals surface area contributed by atoms with Gasteiger partial charge in [-0.05, 0) is 45.0 Å². The van der Waals surface area contributed by atoms with Gasteiger partial charge in [-0.3, -0.25) is 4.79 Å². The SMILES string of the molecule is CC1NC=C(C(=O)NCCN2CCCC2)C=C1NC1=C2C[N+]2(C)c2c1cnn1cc(-c3cncnc3)cc21. The lowest BCUT2D eigenvalue weighted by Gasteiger charge is -2.24. The van der Waals surface area contributed by atoms with Gasteiger partial charge in [0.2, 0.25) is 0 Å². The number of hydrogen-bond donors (Lipinski definition) is 3. The molecule has 38 heavy (non-hydrogen) atoms. The standard InChI is InChI=1S/C28H31N9O/c1-18-23(9-19(13-32-18)28(38)31-5-8-35-6-3-4-7-35)34-26-22-14-33-36-15-20(21-11-29-17-30-12-21)10-24(36)27(22)37(2)16-25(26)37/h9-15,17-18,34H,3-8,16H2,1-2H3,(H-,31,32,38)/p+1. The number of fused-ring (bicyclic) bond motifs is 5. The normalized spacial score (nSPS) is 24.0. The maximum atomic E-state index is 12.9. The molecule has 2 fully saturated rings. The fourth-order valence-corrected chi connectivity index (χ4v) is 5.94. The molecule has 194 valence electrons. The Morgan fingerprint density at radius 2 is 2.00 bits per heavy atom. The minimum Gasteiger partial charge on any atom is -0.382 e. The summed E-state index contributed by atoms with van der Waals surface area (Å²) in [6, 6.07) is 2.23. The molecule has 4 aliphatic rings. The molecule has 3 aromatic heterocycles. The summed E-state index contributed by atoms with van der Waals surface area (Å²) in [6.45, 7) is 6.89. The molecule has 1 amide bonds. The average molecular weight is 511 g/mol. The highest BCUT2D eigenvalue weighted by molar-refractivity contribution is 5.99. The predicted molar refractivity (Wildman–Crippen MR) is 146 cm³/mol. The number of nitrogens with one attached hydrogen (secondary N) is 3. The van der Waals surface area contributed by atoms with Crippen LogP contribution in [0.15, 0.2) is 66.4 Å². The van der Waals surface area contributed by atoms with Crippen molar-refractivity contribution >= 4 is 22.8 Å². The Hall–Kier alpha value is -4.02. The van der Waals surface area contributed by atoms with Crippen molar-refractivity contribution in [3.63, 3.8) is 0 Å². The van der Waals surface area contributed by atoms with E-state index in [0.29, 0.717) is 12.1 Å². The van der Waals surface area contributed by atoms with Crippen LogP contribution in [0.25, 0.3) is 22.3 Å². The molecule has 7 heterocycles. The zero-order valence-corrected chi connectivity index (χ0v) is 21.7. The lowest BCUT2D eigenvalue weighted by Crippen LogP contribution is -2.38. The quantitative estimate of drug-likeness (QED) is 0.330. The van der Waals surface area contributed by atoms with E-state index in [9.17, 15) is 4.79 Å². The van der Waals surface area contributed by atoms with Crippen molar-refractivity contribution in [3.8, 4) is 11.1 Å². The lowest BCUT2D eigenvalue weighted by molar-refractivity contribution is -0.117. The van der Waals surface area contributed by atoms with Crippen molar-refractivity contribution in [1.82, 2.24) is 44.9 Å². The summed E-state index contributed by atoms with van der Waals surface area (Å²) in [4.78, 5) is 23.6. The van der Waals surface area contributed by atoms with E-state index in [2.05, 4.69) is 50.9 Å². The first-order valence-electron chi connectivity index (χ1n) is 13.3. The number of dihydropyridines is 1. The minimum absolute atomic E-state index is 0.0478. The lowest BCUT2D eigenvalue weighted by atomic mass is 10.1. The Morgan fingerprint density at radius 3 is 2.82 bits per heavy atom. The third kappa shape index (κ3) is 3.79. The van der Waals surface area contributed by atoms with Gasteiger partial charge >= 0.3 is 0 Å². The number of quaternary nitrogens is 1. The zero-order valence-electron chi connectivity index (χ0n) is 21.7. The van der Waals surface area contributed by atoms with Gasteiger partial charge < -0.3 is 20.9 Å². The van der Waals surface area contributed by atoms with E-state index in [1.807, 2.05) is 41.6 Å². The second-order valence-electron chi connectivity index (χ2n) is 10.8. The Balaban J connectivity index is 1.13. The highest BCUT2D eigenvalue weighted by Gasteiger charge is 2.59. The molecule has 7 rings (SSSR count). The van der Waals surface area contributed by atoms with Crippen LogP contribution in [0.4, 0.5) is 5.69 Å². The van der Waals surface area contributed by atoms with Crippen LogP contribution >= 0.6 is 0 Å². The fourth-order valence-electron chi connectivity index (χ4n) is 5.94. The minimum atomic E-state index is -0.0478. The number of rotatable bonds is 7. The fraction of sp³-hybridized carbons (Fsp3) is 0.357. The van der Waals surface area contributed by atoms with E-state index in [-0.39, 0.29) is 11.9 Å². The van der Waals surface area contributed by atoms with Crippen LogP contribution in [0, 0.1) is 0 Å². The molecular formula is C28H32N9O+. The topological polar surface area (TPSA) is 99.5 Å². The van der Waals surface area contributed by atoms with E-state index in [4.69, 9.17) is 5.10 Å². The summed E-state index contributed by atoms with van der Waals surface area (Å²) in [6.07, 6.45) is 15.5. The van der Waals surface area contributed by atoms with Gasteiger partial charge in [0.1, 0.15) is 17.5 Å². The molecule has 2 atom stereocenters. The molecular weight excluding hydrogens is 478 g/mol. The molecule has 0 saturated carbocycles. The summed E-state index contributed by atoms with van der Waals surface area (Å²) >= 11 is 0. The molecule has 3 N–H and O–H groups in total. The number of amides is 1. The highest BCUT2D eigenvalue weighted by Crippen LogP contribution is 2.55. The number of hydrogen-bond acceptors (Lipinski definition) is 7. The van der Waals surface area contributed by atoms with Crippen molar-refractivity contribution in [2.24, 2.45) is 0 Å². The molecule has 0 aliphatic carbocycles. The number of carbonyl (C=O) groups is 1. The number of carbonyl (C=O) groups excluding carboxylic acids is 1. The van der Waals surface area contributed by atoms with Crippen molar-refractivity contribution in [2.45, 2.75) is 25.8 Å². The largest absolute Gasteiger partial charge is 0.382 e. The number of likely N-dealkylation sites (N-methyl/N-ethyl adjacent to an activating group) is 1. The Labute approximate surface area is 221 Å². The highest BCUT2D eigenvalue weighted by atomic mass is 16.1. The molecule has 2 saturated heterocycles. The van der Waals surface area contributed by atoms with Crippen LogP contribution in [0.2, 0.25) is 0 Å². The molecule has 0 radical (unpaired) electrons. The van der Waals surface area contributed by atoms with Crippen LogP contribution in [-0.2, 0) is 4.79 Å². The molecule has 2 unspecified atom stereocenters. The second kappa shape index (κ2) is 8.78. The molecule has 10 nitrogen and oxygen atoms in total. The third-order valence-electron chi connectivity index (χ3n) is 8.22. The summed E-state index contributed by atoms with van der Waals surface area (Å²) in [5.74, 6) is -0.0478. The van der Waals surface area contributed by atoms with Gasteiger partial charge in [-0.25, -0.2) is 19.0 Å². The van der Waals surface area contributed by atoms with Gasteiger partial charge in [0, 0.05) is 54.7 Å². The van der Waals surface area contributed by atoms with Gasteiger partial charge in [0.25, 0.3) is 5.91 Å². The van der Waals surface area contributed by atoms with E-state index >= 15 is 0 Å². The Bertz CT molecular complexity index is 1530. The van der Waals surface area contributed by atoms with Crippen molar-refractivity contribution in [2.75, 3.05) is 39.8 Å². The first-order valence-corrected chi connectivity index (χ1v) is 13.3. The smallest absolute Gasteiger partial charge is 0.252 e. The van der Waals surface area contributed by atoms with Crippen molar-refractivity contribution in [3.05, 3.63) is 72.0 Å². The molecule has 0 aromatic carbocycles. The first-order chi connectivity index (χ1) is 18.5. The molecule has 3 aromatic rings. The van der Waals surface area contributed by atoms with E-state index in [1.165, 1.54) is 24.2 Å². The van der Waals surface area contributed by atoms with Gasteiger partial charge in [-0.2, -0.15) is 5.10 Å². The molecule has 0 spiro atoms. The van der Waals surface area contributed by atoms with E-state index < -0.39 is 0 Å². The maximum absolute atomic E-state index is 12.9. The summed E-state index contributed by atoms with van der Waals surface area (Å²) in [7, 11) is 2.25. The second-order valence-corrected chi connectivity index (χ2v) is 10.8. The van der Waals surface area contributed by atoms with Gasteiger partial charge in [0.15, 0.2) is 17.9 Å². The van der Waals surface area contributed by atoms with Crippen LogP contribution < -0.4 is 20.4 Å². The zero-order chi connectivity index (χ0) is 25.9. The maximum Gasteiger partial charge on any atom is 0.252 e. The number of nitrogens with zero attached hydrogens (tertiary/aromatic N) is 6. The monoisotopic (exact) mass is 510 g/mol. The van der Waals surface area contributed by atoms with Crippen LogP contribution in [0.1, 0.15) is 25.3 Å². The van der Waals surface area contributed by atoms with Crippen molar-refractivity contribution < 1.29 is 4.79 Å². The van der Waals surface area contributed by atoms with Crippen LogP contribution in [-0.4, -0.2) is 76.2 Å². The summed E-state index contributed by atoms with van der Waals surface area (Å²) < 4.78 is 2.72. The Morgan fingerprint density at radius 1 is 1.18 bits per heavy atom. The van der Waals surface area contributed by atoms with E-state index in [0.717, 1.165) is 64.3 Å². The number of aromatic nitrogens is 4. The van der Waals surface area contributed by atoms with Crippen molar-refractivity contribution in [1.29, 1.82) is 0 Å². The number of likely N-dealkylation sites (tertiary alicyclic amines) is 1. The van der Waals surface area contributed by atoms with Gasteiger partial charge in [-0.1, -0.05) is 0 Å². The van der Waals surface area contributed by atoms with E-state index in [1.54, 1.807) is 6.33 Å². The van der Waals surface area contributed by atoms with Gasteiger partial charge in [0.05, 0.1) is 30.4 Å². The first kappa shape index (κ1) is 23.1. The summed E-state index contributed by atoms with van der Waals surface area (Å²) in [5.41, 5.74) is 9.48. The summed E-state index contributed by atoms with van der Waals surface area (Å²) in [5, 5.41) is 14.9. The van der Waals surface area contributed by atoms with Gasteiger partial charge in [-0.15, -0.1) is 0 Å². The average Bonchev–Trinajstić information content (AvgIpc) is 3.30. The predicted octanol–water partition coefficient (Wildman–Crippen LogP) is 1.99. The van der Waals surface area contributed by atoms with Crippen LogP contribution in [0.3, 0.4) is 0 Å². The Kier molecular flexibility index (Phi) is 5.34. The molecule has 0 bridgehead atoms. The molecule has 4 aliphatic heterocycles.